The van der Waals surface area contributed by atoms with Gasteiger partial charge in [-0.2, -0.15) is 0 Å². The minimum atomic E-state index is -1.21. The van der Waals surface area contributed by atoms with Gasteiger partial charge in [-0.25, -0.2) is 4.79 Å². The van der Waals surface area contributed by atoms with Gasteiger partial charge in [0.2, 0.25) is 0 Å². The van der Waals surface area contributed by atoms with Crippen LogP contribution in [-0.4, -0.2) is 41.7 Å². The molecule has 0 aliphatic rings. The highest BCUT2D eigenvalue weighted by molar-refractivity contribution is 5.87. The number of nitro benzene ring substituents is 1. The fourth-order valence-corrected chi connectivity index (χ4v) is 1.64. The molecule has 8 nitrogen and oxygen atoms in total. The Bertz CT molecular complexity index is 541. The molecule has 0 aliphatic carbocycles. The van der Waals surface area contributed by atoms with Crippen LogP contribution in [0.3, 0.4) is 0 Å². The van der Waals surface area contributed by atoms with Crippen LogP contribution in [0.15, 0.2) is 24.3 Å². The zero-order valence-corrected chi connectivity index (χ0v) is 12.4. The van der Waals surface area contributed by atoms with E-state index in [0.29, 0.717) is 12.0 Å². The van der Waals surface area contributed by atoms with E-state index in [1.165, 1.54) is 43.1 Å². The second-order valence-electron chi connectivity index (χ2n) is 5.06. The second-order valence-corrected chi connectivity index (χ2v) is 5.06. The fraction of sp³-hybridized carbons (Fsp3) is 0.429. The van der Waals surface area contributed by atoms with Crippen molar-refractivity contribution in [1.29, 1.82) is 0 Å². The Balaban J connectivity index is 2.54. The van der Waals surface area contributed by atoms with Crippen LogP contribution in [-0.2, 0) is 9.53 Å². The molecule has 1 atom stereocenters. The van der Waals surface area contributed by atoms with E-state index in [2.05, 4.69) is 0 Å². The summed E-state index contributed by atoms with van der Waals surface area (Å²) < 4.78 is 5.00. The van der Waals surface area contributed by atoms with Crippen LogP contribution >= 0.6 is 0 Å². The summed E-state index contributed by atoms with van der Waals surface area (Å²) in [4.78, 5) is 33.4. The molecule has 0 radical (unpaired) electrons. The molecule has 0 heterocycles. The van der Waals surface area contributed by atoms with E-state index in [-0.39, 0.29) is 25.1 Å². The molecular weight excluding hydrogens is 292 g/mol. The molecule has 1 aromatic rings. The maximum atomic E-state index is 11.8. The molecule has 0 spiro atoms. The van der Waals surface area contributed by atoms with Gasteiger partial charge in [-0.1, -0.05) is 0 Å². The van der Waals surface area contributed by atoms with Gasteiger partial charge in [0.25, 0.3) is 5.69 Å². The summed E-state index contributed by atoms with van der Waals surface area (Å²) in [6.45, 7) is 1.44. The first-order valence-corrected chi connectivity index (χ1v) is 6.58. The highest BCUT2D eigenvalue weighted by Crippen LogP contribution is 2.19. The number of nitrogens with zero attached hydrogens (tertiary/aromatic N) is 2. The molecule has 8 heteroatoms. The average Bonchev–Trinajstić information content (AvgIpc) is 2.46. The van der Waals surface area contributed by atoms with Crippen LogP contribution in [0.25, 0.3) is 0 Å². The predicted molar refractivity (Wildman–Crippen MR) is 78.8 cm³/mol. The normalized spacial score (nSPS) is 13.0. The topological polar surface area (TPSA) is 110 Å². The van der Waals surface area contributed by atoms with Gasteiger partial charge >= 0.3 is 6.09 Å². The Labute approximate surface area is 127 Å². The number of anilines is 1. The Morgan fingerprint density at radius 1 is 1.45 bits per heavy atom. The number of non-ortho nitro benzene ring substituents is 1. The van der Waals surface area contributed by atoms with Gasteiger partial charge in [-0.15, -0.1) is 0 Å². The van der Waals surface area contributed by atoms with E-state index < -0.39 is 16.6 Å². The molecule has 0 aliphatic heterocycles. The number of benzene rings is 1. The number of amides is 1. The molecule has 0 unspecified atom stereocenters. The minimum Gasteiger partial charge on any atom is -0.449 e. The monoisotopic (exact) mass is 310 g/mol. The summed E-state index contributed by atoms with van der Waals surface area (Å²) in [5.41, 5.74) is -0.848. The predicted octanol–water partition coefficient (Wildman–Crippen LogP) is 1.90. The first-order valence-electron chi connectivity index (χ1n) is 6.58. The first kappa shape index (κ1) is 17.6. The van der Waals surface area contributed by atoms with Crippen molar-refractivity contribution in [2.75, 3.05) is 18.6 Å². The summed E-state index contributed by atoms with van der Waals surface area (Å²) in [6, 6.07) is 5.44. The van der Waals surface area contributed by atoms with E-state index in [0.717, 1.165) is 0 Å². The third kappa shape index (κ3) is 5.13. The van der Waals surface area contributed by atoms with Crippen LogP contribution in [0.1, 0.15) is 19.8 Å². The smallest absolute Gasteiger partial charge is 0.414 e. The molecule has 1 aromatic carbocycles. The van der Waals surface area contributed by atoms with Crippen molar-refractivity contribution >= 4 is 23.8 Å². The Hall–Kier alpha value is -2.48. The summed E-state index contributed by atoms with van der Waals surface area (Å²) in [6.07, 6.45) is 0.0369. The lowest BCUT2D eigenvalue weighted by atomic mass is 10.00. The van der Waals surface area contributed by atoms with Gasteiger partial charge in [0, 0.05) is 37.7 Å². The lowest BCUT2D eigenvalue weighted by molar-refractivity contribution is -0.384. The number of aliphatic hydroxyl groups is 1. The van der Waals surface area contributed by atoms with E-state index in [1.54, 1.807) is 0 Å². The number of carbonyl (C=O) groups is 2. The van der Waals surface area contributed by atoms with Crippen molar-refractivity contribution in [2.45, 2.75) is 25.4 Å². The molecule has 120 valence electrons. The molecule has 0 aromatic heterocycles. The average molecular weight is 310 g/mol. The van der Waals surface area contributed by atoms with Crippen molar-refractivity contribution in [3.8, 4) is 0 Å². The number of carbonyl (C=O) groups excluding carboxylic acids is 2. The fourth-order valence-electron chi connectivity index (χ4n) is 1.64. The molecule has 22 heavy (non-hydrogen) atoms. The van der Waals surface area contributed by atoms with Crippen molar-refractivity contribution in [3.05, 3.63) is 34.4 Å². The van der Waals surface area contributed by atoms with Gasteiger partial charge < -0.3 is 14.6 Å². The van der Waals surface area contributed by atoms with Crippen LogP contribution in [0, 0.1) is 10.1 Å². The third-order valence-electron chi connectivity index (χ3n) is 3.11. The molecule has 1 rings (SSSR count). The van der Waals surface area contributed by atoms with Crippen molar-refractivity contribution < 1.29 is 24.4 Å². The molecule has 0 fully saturated rings. The van der Waals surface area contributed by atoms with Crippen molar-refractivity contribution in [3.63, 3.8) is 0 Å². The molecule has 0 bridgehead atoms. The standard InChI is InChI=1S/C14H18N2O6/c1-14(19,7-9-17)8-10-22-13(18)15(2)11-3-5-12(6-4-11)16(20)21/h3-6,9,19H,7-8,10H2,1-2H3/t14-/m1/s1. The van der Waals surface area contributed by atoms with E-state index in [4.69, 9.17) is 4.74 Å². The maximum Gasteiger partial charge on any atom is 0.414 e. The SMILES string of the molecule is CN(C(=O)OCC[C@](C)(O)CC=O)c1ccc([N+](=O)[O-])cc1. The van der Waals surface area contributed by atoms with Gasteiger partial charge in [0.05, 0.1) is 17.1 Å². The number of rotatable bonds is 7. The zero-order valence-electron chi connectivity index (χ0n) is 12.4. The van der Waals surface area contributed by atoms with Crippen LogP contribution in [0.2, 0.25) is 0 Å². The highest BCUT2D eigenvalue weighted by atomic mass is 16.6. The van der Waals surface area contributed by atoms with Gasteiger partial charge in [0.1, 0.15) is 6.29 Å². The highest BCUT2D eigenvalue weighted by Gasteiger charge is 2.21. The van der Waals surface area contributed by atoms with E-state index in [1.807, 2.05) is 0 Å². The molecule has 1 N–H and O–H groups in total. The maximum absolute atomic E-state index is 11.8. The van der Waals surface area contributed by atoms with Gasteiger partial charge in [-0.3, -0.25) is 15.0 Å². The summed E-state index contributed by atoms with van der Waals surface area (Å²) in [5.74, 6) is 0. The third-order valence-corrected chi connectivity index (χ3v) is 3.11. The number of hydrogen-bond donors (Lipinski definition) is 1. The van der Waals surface area contributed by atoms with Crippen LogP contribution in [0.4, 0.5) is 16.2 Å². The van der Waals surface area contributed by atoms with Crippen molar-refractivity contribution in [1.82, 2.24) is 0 Å². The molecule has 0 saturated carbocycles. The Kier molecular flexibility index (Phi) is 6.00. The quantitative estimate of drug-likeness (QED) is 0.468. The zero-order chi connectivity index (χ0) is 16.8. The largest absolute Gasteiger partial charge is 0.449 e. The molecular formula is C14H18N2O6. The summed E-state index contributed by atoms with van der Waals surface area (Å²) in [5, 5.41) is 20.3. The van der Waals surface area contributed by atoms with Crippen LogP contribution in [0.5, 0.6) is 0 Å². The van der Waals surface area contributed by atoms with Crippen LogP contribution < -0.4 is 4.90 Å². The first-order chi connectivity index (χ1) is 10.3. The van der Waals surface area contributed by atoms with E-state index >= 15 is 0 Å². The summed E-state index contributed by atoms with van der Waals surface area (Å²) in [7, 11) is 1.47. The number of ether oxygens (including phenoxy) is 1. The summed E-state index contributed by atoms with van der Waals surface area (Å²) >= 11 is 0. The van der Waals surface area contributed by atoms with Crippen molar-refractivity contribution in [2.24, 2.45) is 0 Å². The van der Waals surface area contributed by atoms with Gasteiger partial charge in [0.15, 0.2) is 0 Å². The number of aldehydes is 1. The Morgan fingerprint density at radius 2 is 2.05 bits per heavy atom. The number of hydrogen-bond acceptors (Lipinski definition) is 6. The number of nitro groups is 1. The molecule has 1 amide bonds. The lowest BCUT2D eigenvalue weighted by Crippen LogP contribution is -2.31. The Morgan fingerprint density at radius 3 is 2.55 bits per heavy atom. The minimum absolute atomic E-state index is 0.0389. The van der Waals surface area contributed by atoms with E-state index in [9.17, 15) is 24.8 Å². The van der Waals surface area contributed by atoms with Gasteiger partial charge in [-0.05, 0) is 19.1 Å². The lowest BCUT2D eigenvalue weighted by Gasteiger charge is -2.21. The second kappa shape index (κ2) is 7.51. The molecule has 0 saturated heterocycles.